The van der Waals surface area contributed by atoms with Gasteiger partial charge in [-0.1, -0.05) is 6.07 Å². The molecule has 0 radical (unpaired) electrons. The smallest absolute Gasteiger partial charge is 0.240 e. The van der Waals surface area contributed by atoms with Gasteiger partial charge >= 0.3 is 0 Å². The minimum atomic E-state index is -0.159. The Morgan fingerprint density at radius 3 is 2.68 bits per heavy atom. The Balaban J connectivity index is 1.80. The molecule has 7 heteroatoms. The summed E-state index contributed by atoms with van der Waals surface area (Å²) in [6.07, 6.45) is 4.81. The molecule has 3 aromatic heterocycles. The second-order valence-electron chi connectivity index (χ2n) is 6.09. The quantitative estimate of drug-likeness (QED) is 0.706. The number of aryl methyl sites for hydroxylation is 2. The average Bonchev–Trinajstić information content (AvgIpc) is 3.17. The maximum atomic E-state index is 12.6. The van der Waals surface area contributed by atoms with E-state index in [-0.39, 0.29) is 11.9 Å². The summed E-state index contributed by atoms with van der Waals surface area (Å²) in [4.78, 5) is 12.6. The van der Waals surface area contributed by atoms with Crippen molar-refractivity contribution < 1.29 is 4.79 Å². The Hall–Kier alpha value is -2.28. The molecule has 6 nitrogen and oxygen atoms in total. The maximum Gasteiger partial charge on any atom is 0.240 e. The van der Waals surface area contributed by atoms with Crippen molar-refractivity contribution in [3.8, 4) is 0 Å². The van der Waals surface area contributed by atoms with E-state index in [9.17, 15) is 4.79 Å². The number of hydrogen-bond donors (Lipinski definition) is 1. The van der Waals surface area contributed by atoms with Crippen molar-refractivity contribution >= 4 is 23.3 Å². The summed E-state index contributed by atoms with van der Waals surface area (Å²) in [5, 5.41) is 11.7. The molecule has 25 heavy (non-hydrogen) atoms. The van der Waals surface area contributed by atoms with Crippen LogP contribution in [0.4, 0.5) is 0 Å². The molecular formula is C18H23N5OS. The lowest BCUT2D eigenvalue weighted by Crippen LogP contribution is -2.33. The number of hydrogen-bond acceptors (Lipinski definition) is 4. The van der Waals surface area contributed by atoms with Crippen LogP contribution in [-0.4, -0.2) is 37.1 Å². The van der Waals surface area contributed by atoms with Gasteiger partial charge in [0.2, 0.25) is 5.91 Å². The fraction of sp³-hybridized carbons (Fsp3) is 0.389. The standard InChI is InChI=1S/C18H23N5OS/c1-13-7-8-14(2)23(13)12-17(24)19-15(9-11-25-3)18-21-20-16-6-4-5-10-22(16)18/h4-8,10,15H,9,11-12H2,1-3H3,(H,19,24)/t15-/m0/s1. The van der Waals surface area contributed by atoms with Crippen LogP contribution in [0.15, 0.2) is 36.5 Å². The molecule has 0 aliphatic heterocycles. The second kappa shape index (κ2) is 7.74. The van der Waals surface area contributed by atoms with E-state index in [0.29, 0.717) is 6.54 Å². The summed E-state index contributed by atoms with van der Waals surface area (Å²) >= 11 is 1.76. The Morgan fingerprint density at radius 1 is 1.20 bits per heavy atom. The summed E-state index contributed by atoms with van der Waals surface area (Å²) in [6.45, 7) is 4.34. The first-order chi connectivity index (χ1) is 12.1. The molecule has 3 rings (SSSR count). The highest BCUT2D eigenvalue weighted by Gasteiger charge is 2.20. The van der Waals surface area contributed by atoms with Crippen LogP contribution in [-0.2, 0) is 11.3 Å². The average molecular weight is 357 g/mol. The van der Waals surface area contributed by atoms with E-state index in [1.54, 1.807) is 11.8 Å². The Kier molecular flexibility index (Phi) is 5.43. The molecule has 3 heterocycles. The van der Waals surface area contributed by atoms with Gasteiger partial charge < -0.3 is 9.88 Å². The number of nitrogens with one attached hydrogen (secondary N) is 1. The maximum absolute atomic E-state index is 12.6. The zero-order valence-corrected chi connectivity index (χ0v) is 15.6. The van der Waals surface area contributed by atoms with Crippen molar-refractivity contribution in [2.45, 2.75) is 32.9 Å². The number of nitrogens with zero attached hydrogens (tertiary/aromatic N) is 4. The van der Waals surface area contributed by atoms with Gasteiger partial charge in [-0.05, 0) is 56.5 Å². The van der Waals surface area contributed by atoms with Crippen LogP contribution in [0.3, 0.4) is 0 Å². The van der Waals surface area contributed by atoms with Gasteiger partial charge in [0.25, 0.3) is 0 Å². The first kappa shape index (κ1) is 17.5. The van der Waals surface area contributed by atoms with E-state index in [2.05, 4.69) is 21.8 Å². The van der Waals surface area contributed by atoms with E-state index in [1.807, 2.05) is 59.3 Å². The number of aromatic nitrogens is 4. The molecule has 0 aromatic carbocycles. The topological polar surface area (TPSA) is 64.2 Å². The first-order valence-electron chi connectivity index (χ1n) is 8.31. The van der Waals surface area contributed by atoms with Crippen LogP contribution in [0.2, 0.25) is 0 Å². The van der Waals surface area contributed by atoms with Crippen LogP contribution in [0.5, 0.6) is 0 Å². The van der Waals surface area contributed by atoms with Crippen molar-refractivity contribution in [2.75, 3.05) is 12.0 Å². The molecule has 0 saturated carbocycles. The number of fused-ring (bicyclic) bond motifs is 1. The lowest BCUT2D eigenvalue weighted by molar-refractivity contribution is -0.122. The fourth-order valence-corrected chi connectivity index (χ4v) is 3.40. The van der Waals surface area contributed by atoms with E-state index < -0.39 is 0 Å². The predicted octanol–water partition coefficient (Wildman–Crippen LogP) is 2.76. The molecule has 0 aliphatic carbocycles. The normalized spacial score (nSPS) is 12.4. The molecular weight excluding hydrogens is 334 g/mol. The zero-order chi connectivity index (χ0) is 17.8. The van der Waals surface area contributed by atoms with Crippen LogP contribution < -0.4 is 5.32 Å². The molecule has 1 N–H and O–H groups in total. The van der Waals surface area contributed by atoms with Gasteiger partial charge in [0.05, 0.1) is 6.04 Å². The van der Waals surface area contributed by atoms with Crippen LogP contribution in [0.25, 0.3) is 5.65 Å². The number of pyridine rings is 1. The van der Waals surface area contributed by atoms with Crippen molar-refractivity contribution in [3.05, 3.63) is 53.7 Å². The largest absolute Gasteiger partial charge is 0.344 e. The number of amides is 1. The minimum absolute atomic E-state index is 0.0128. The fourth-order valence-electron chi connectivity index (χ4n) is 2.93. The van der Waals surface area contributed by atoms with E-state index in [4.69, 9.17) is 0 Å². The van der Waals surface area contributed by atoms with Crippen LogP contribution in [0.1, 0.15) is 29.7 Å². The van der Waals surface area contributed by atoms with Gasteiger partial charge in [-0.2, -0.15) is 11.8 Å². The van der Waals surface area contributed by atoms with Gasteiger partial charge in [-0.15, -0.1) is 10.2 Å². The monoisotopic (exact) mass is 357 g/mol. The number of carbonyl (C=O) groups excluding carboxylic acids is 1. The van der Waals surface area contributed by atoms with Crippen molar-refractivity contribution in [2.24, 2.45) is 0 Å². The minimum Gasteiger partial charge on any atom is -0.344 e. The van der Waals surface area contributed by atoms with E-state index in [0.717, 1.165) is 35.0 Å². The van der Waals surface area contributed by atoms with E-state index in [1.165, 1.54) is 0 Å². The molecule has 0 spiro atoms. The molecule has 3 aromatic rings. The molecule has 0 bridgehead atoms. The lowest BCUT2D eigenvalue weighted by Gasteiger charge is -2.18. The van der Waals surface area contributed by atoms with Crippen molar-refractivity contribution in [1.82, 2.24) is 24.5 Å². The third-order valence-corrected chi connectivity index (χ3v) is 4.96. The Bertz CT molecular complexity index is 850. The van der Waals surface area contributed by atoms with Crippen molar-refractivity contribution in [1.29, 1.82) is 0 Å². The van der Waals surface area contributed by atoms with Gasteiger partial charge in [0.15, 0.2) is 11.5 Å². The summed E-state index contributed by atoms with van der Waals surface area (Å²) in [5.74, 6) is 1.70. The molecule has 0 saturated heterocycles. The number of rotatable bonds is 7. The highest BCUT2D eigenvalue weighted by atomic mass is 32.2. The summed E-state index contributed by atoms with van der Waals surface area (Å²) < 4.78 is 3.96. The lowest BCUT2D eigenvalue weighted by atomic mass is 10.2. The second-order valence-corrected chi connectivity index (χ2v) is 7.08. The van der Waals surface area contributed by atoms with Crippen LogP contribution >= 0.6 is 11.8 Å². The third-order valence-electron chi connectivity index (χ3n) is 4.32. The van der Waals surface area contributed by atoms with E-state index >= 15 is 0 Å². The molecule has 0 unspecified atom stereocenters. The third kappa shape index (κ3) is 3.87. The van der Waals surface area contributed by atoms with Gasteiger partial charge in [-0.25, -0.2) is 0 Å². The highest BCUT2D eigenvalue weighted by Crippen LogP contribution is 2.18. The summed E-state index contributed by atoms with van der Waals surface area (Å²) in [6, 6.07) is 9.69. The van der Waals surface area contributed by atoms with Crippen LogP contribution in [0, 0.1) is 13.8 Å². The molecule has 1 amide bonds. The van der Waals surface area contributed by atoms with Gasteiger partial charge in [0, 0.05) is 17.6 Å². The summed E-state index contributed by atoms with van der Waals surface area (Å²) in [7, 11) is 0. The zero-order valence-electron chi connectivity index (χ0n) is 14.8. The van der Waals surface area contributed by atoms with Crippen molar-refractivity contribution in [3.63, 3.8) is 0 Å². The molecule has 1 atom stereocenters. The molecule has 132 valence electrons. The molecule has 0 fully saturated rings. The SMILES string of the molecule is CSCC[C@H](NC(=O)Cn1c(C)ccc1C)c1nnc2ccccn12. The Labute approximate surface area is 151 Å². The highest BCUT2D eigenvalue weighted by molar-refractivity contribution is 7.98. The number of thioether (sulfide) groups is 1. The number of carbonyl (C=O) groups is 1. The summed E-state index contributed by atoms with van der Waals surface area (Å²) in [5.41, 5.74) is 2.96. The van der Waals surface area contributed by atoms with Gasteiger partial charge in [0.1, 0.15) is 6.54 Å². The Morgan fingerprint density at radius 2 is 1.96 bits per heavy atom. The predicted molar refractivity (Wildman–Crippen MR) is 101 cm³/mol. The first-order valence-corrected chi connectivity index (χ1v) is 9.70. The van der Waals surface area contributed by atoms with Gasteiger partial charge in [-0.3, -0.25) is 9.20 Å². The molecule has 0 aliphatic rings.